The number of quaternary nitrogens is 1. The summed E-state index contributed by atoms with van der Waals surface area (Å²) >= 11 is 0. The third kappa shape index (κ3) is 72.9. The molecule has 0 aromatic heterocycles. The quantitative estimate of drug-likeness (QED) is 0.0195. The smallest absolute Gasteiger partial charge is 0.306 e. The SMILES string of the molecule is CC/C=C\C/C=C\C/C=C\C/C=C\C/C=C\C/C=C\C/C=C\C/C=C\C/C=C\C/C=C\CCCCCCCCCCCCC(=O)OC(COC(=O)CCCCCCCCCCCCCCC/C=C\C/C=C\CCCCCCC)COP(=O)([O-])OCC[N+](C)(C)C. The Bertz CT molecular complexity index is 2030. The number of hydrogen-bond donors (Lipinski definition) is 0. The van der Waals surface area contributed by atoms with Crippen LogP contribution in [0, 0.1) is 0 Å². The average molecular weight is 1270 g/mol. The molecule has 2 atom stereocenters. The van der Waals surface area contributed by atoms with E-state index in [4.69, 9.17) is 18.5 Å². The van der Waals surface area contributed by atoms with Gasteiger partial charge in [-0.1, -0.05) is 307 Å². The molecule has 0 spiro atoms. The summed E-state index contributed by atoms with van der Waals surface area (Å²) in [5.41, 5.74) is 0. The molecule has 0 saturated heterocycles. The molecule has 0 aliphatic carbocycles. The monoisotopic (exact) mass is 1270 g/mol. The number of phosphoric acid groups is 1. The Balaban J connectivity index is 4.08. The number of rotatable bonds is 66. The molecule has 0 bridgehead atoms. The van der Waals surface area contributed by atoms with Crippen LogP contribution in [-0.2, 0) is 32.7 Å². The van der Waals surface area contributed by atoms with E-state index in [0.717, 1.165) is 116 Å². The van der Waals surface area contributed by atoms with Gasteiger partial charge in [0.15, 0.2) is 6.10 Å². The van der Waals surface area contributed by atoms with Gasteiger partial charge in [-0.15, -0.1) is 0 Å². The van der Waals surface area contributed by atoms with E-state index in [1.54, 1.807) is 0 Å². The van der Waals surface area contributed by atoms with E-state index in [-0.39, 0.29) is 32.0 Å². The largest absolute Gasteiger partial charge is 0.756 e. The molecule has 0 aromatic carbocycles. The van der Waals surface area contributed by atoms with Crippen LogP contribution in [-0.4, -0.2) is 70.0 Å². The van der Waals surface area contributed by atoms with Crippen LogP contribution in [0.15, 0.2) is 146 Å². The lowest BCUT2D eigenvalue weighted by Gasteiger charge is -2.28. The predicted molar refractivity (Wildman–Crippen MR) is 387 cm³/mol. The van der Waals surface area contributed by atoms with Crippen molar-refractivity contribution in [3.63, 3.8) is 0 Å². The molecule has 10 heteroatoms. The van der Waals surface area contributed by atoms with Gasteiger partial charge in [0.1, 0.15) is 19.8 Å². The highest BCUT2D eigenvalue weighted by Crippen LogP contribution is 2.38. The van der Waals surface area contributed by atoms with Gasteiger partial charge in [0, 0.05) is 12.8 Å². The minimum Gasteiger partial charge on any atom is -0.756 e. The molecule has 9 nitrogen and oxygen atoms in total. The first-order valence-corrected chi connectivity index (χ1v) is 38.0. The summed E-state index contributed by atoms with van der Waals surface area (Å²) in [6.45, 7) is 4.12. The van der Waals surface area contributed by atoms with E-state index in [1.165, 1.54) is 148 Å². The highest BCUT2D eigenvalue weighted by atomic mass is 31.2. The Morgan fingerprint density at radius 3 is 0.944 bits per heavy atom. The van der Waals surface area contributed by atoms with Gasteiger partial charge in [-0.3, -0.25) is 14.2 Å². The van der Waals surface area contributed by atoms with E-state index >= 15 is 0 Å². The predicted octanol–water partition coefficient (Wildman–Crippen LogP) is 23.5. The van der Waals surface area contributed by atoms with Crippen molar-refractivity contribution in [1.82, 2.24) is 0 Å². The highest BCUT2D eigenvalue weighted by Gasteiger charge is 2.22. The minimum absolute atomic E-state index is 0.0374. The maximum Gasteiger partial charge on any atom is 0.306 e. The molecule has 2 unspecified atom stereocenters. The number of allylic oxidation sites excluding steroid dienone is 24. The molecule has 0 aromatic rings. The van der Waals surface area contributed by atoms with Crippen LogP contribution in [0.1, 0.15) is 296 Å². The van der Waals surface area contributed by atoms with E-state index in [2.05, 4.69) is 160 Å². The van der Waals surface area contributed by atoms with E-state index in [1.807, 2.05) is 21.1 Å². The second kappa shape index (κ2) is 69.2. The lowest BCUT2D eigenvalue weighted by molar-refractivity contribution is -0.870. The summed E-state index contributed by atoms with van der Waals surface area (Å²) in [6, 6.07) is 0. The maximum atomic E-state index is 12.9. The Morgan fingerprint density at radius 2 is 0.633 bits per heavy atom. The minimum atomic E-state index is -4.65. The lowest BCUT2D eigenvalue weighted by Crippen LogP contribution is -2.37. The number of esters is 2. The van der Waals surface area contributed by atoms with Crippen LogP contribution in [0.3, 0.4) is 0 Å². The summed E-state index contributed by atoms with van der Waals surface area (Å²) in [5.74, 6) is -0.839. The number of carbonyl (C=O) groups is 2. The first-order valence-electron chi connectivity index (χ1n) is 36.5. The fraction of sp³-hybridized carbons (Fsp3) is 0.675. The van der Waals surface area contributed by atoms with E-state index in [0.29, 0.717) is 17.4 Å². The molecule has 90 heavy (non-hydrogen) atoms. The van der Waals surface area contributed by atoms with Gasteiger partial charge < -0.3 is 27.9 Å². The maximum absolute atomic E-state index is 12.9. The van der Waals surface area contributed by atoms with Gasteiger partial charge in [-0.05, 0) is 122 Å². The zero-order chi connectivity index (χ0) is 65.5. The number of likely N-dealkylation sites (N-methyl/N-ethyl adjacent to an activating group) is 1. The third-order valence-electron chi connectivity index (χ3n) is 15.3. The van der Waals surface area contributed by atoms with Crippen LogP contribution >= 0.6 is 7.82 Å². The van der Waals surface area contributed by atoms with Crippen LogP contribution in [0.2, 0.25) is 0 Å². The molecule has 0 aliphatic heterocycles. The van der Waals surface area contributed by atoms with Gasteiger partial charge in [-0.25, -0.2) is 0 Å². The summed E-state index contributed by atoms with van der Waals surface area (Å²) in [4.78, 5) is 38.1. The first kappa shape index (κ1) is 85.9. The second-order valence-corrected chi connectivity index (χ2v) is 26.6. The van der Waals surface area contributed by atoms with Gasteiger partial charge in [0.2, 0.25) is 0 Å². The molecular weight excluding hydrogens is 1130 g/mol. The summed E-state index contributed by atoms with van der Waals surface area (Å²) in [7, 11) is 1.15. The molecule has 0 radical (unpaired) electrons. The first-order chi connectivity index (χ1) is 44.0. The number of ether oxygens (including phenoxy) is 2. The Labute approximate surface area is 554 Å². The number of carbonyl (C=O) groups excluding carboxylic acids is 2. The normalized spacial score (nSPS) is 14.0. The molecule has 0 N–H and O–H groups in total. The zero-order valence-corrected chi connectivity index (χ0v) is 59.4. The molecular formula is C80H136NO8P. The highest BCUT2D eigenvalue weighted by molar-refractivity contribution is 7.45. The Kier molecular flexibility index (Phi) is 66.1. The van der Waals surface area contributed by atoms with Crippen molar-refractivity contribution >= 4 is 19.8 Å². The molecule has 0 fully saturated rings. The average Bonchev–Trinajstić information content (AvgIpc) is 3.62. The fourth-order valence-corrected chi connectivity index (χ4v) is 10.5. The second-order valence-electron chi connectivity index (χ2n) is 25.2. The third-order valence-corrected chi connectivity index (χ3v) is 16.3. The van der Waals surface area contributed by atoms with Crippen LogP contribution in [0.4, 0.5) is 0 Å². The number of phosphoric ester groups is 1. The topological polar surface area (TPSA) is 111 Å². The summed E-state index contributed by atoms with van der Waals surface area (Å²) < 4.78 is 34.3. The van der Waals surface area contributed by atoms with E-state index < -0.39 is 26.5 Å². The van der Waals surface area contributed by atoms with Crippen molar-refractivity contribution < 1.29 is 42.1 Å². The van der Waals surface area contributed by atoms with Gasteiger partial charge in [0.25, 0.3) is 7.82 Å². The number of unbranched alkanes of at least 4 members (excludes halogenated alkanes) is 28. The molecule has 0 aliphatic rings. The van der Waals surface area contributed by atoms with Crippen LogP contribution in [0.25, 0.3) is 0 Å². The standard InChI is InChI=1S/C80H136NO8P/c1-6-8-10-12-14-16-18-20-22-24-26-28-30-32-33-34-35-36-37-38-39-40-41-42-43-44-45-46-47-49-51-53-55-57-59-61-63-65-67-69-71-73-80(83)89-78(77-88-90(84,85)87-75-74-81(3,4)5)76-86-79(82)72-70-68-66-64-62-60-58-56-54-52-50-48-31-29-27-25-23-21-19-17-15-13-11-9-7-2/h8,10,14,16,19-22,25-28,32-33,35-36,38-39,41-42,44-45,47,49,78H,6-7,9,11-13,15,17-18,23-24,29-31,34,37,40,43,46,48,50-77H2,1-5H3/b10-8-,16-14-,21-19-,22-20-,27-25-,28-26-,33-32-,36-35-,39-38-,42-41-,45-44-,49-47-. The van der Waals surface area contributed by atoms with Gasteiger partial charge >= 0.3 is 11.9 Å². The molecule has 0 rings (SSSR count). The van der Waals surface area contributed by atoms with Crippen LogP contribution in [0.5, 0.6) is 0 Å². The summed E-state index contributed by atoms with van der Waals surface area (Å²) in [5, 5.41) is 0. The molecule has 0 saturated carbocycles. The lowest BCUT2D eigenvalue weighted by atomic mass is 10.0. The van der Waals surface area contributed by atoms with E-state index in [9.17, 15) is 19.0 Å². The molecule has 0 heterocycles. The van der Waals surface area contributed by atoms with Crippen molar-refractivity contribution in [3.8, 4) is 0 Å². The molecule has 514 valence electrons. The van der Waals surface area contributed by atoms with Crippen molar-refractivity contribution in [2.45, 2.75) is 302 Å². The Morgan fingerprint density at radius 1 is 0.356 bits per heavy atom. The van der Waals surface area contributed by atoms with Gasteiger partial charge in [0.05, 0.1) is 27.7 Å². The number of nitrogens with zero attached hydrogens (tertiary/aromatic N) is 1. The summed E-state index contributed by atoms with van der Waals surface area (Å²) in [6.07, 6.45) is 102. The van der Waals surface area contributed by atoms with Crippen LogP contribution < -0.4 is 4.89 Å². The van der Waals surface area contributed by atoms with Gasteiger partial charge in [-0.2, -0.15) is 0 Å². The van der Waals surface area contributed by atoms with Crippen molar-refractivity contribution in [1.29, 1.82) is 0 Å². The van der Waals surface area contributed by atoms with Crippen molar-refractivity contribution in [2.24, 2.45) is 0 Å². The van der Waals surface area contributed by atoms with Crippen molar-refractivity contribution in [3.05, 3.63) is 146 Å². The fourth-order valence-electron chi connectivity index (χ4n) is 9.78. The Hall–Kier alpha value is -4.11. The molecule has 0 amide bonds. The number of hydrogen-bond acceptors (Lipinski definition) is 8. The van der Waals surface area contributed by atoms with Crippen molar-refractivity contribution in [2.75, 3.05) is 47.5 Å². The zero-order valence-electron chi connectivity index (χ0n) is 58.5.